The lowest BCUT2D eigenvalue weighted by Crippen LogP contribution is -2.01. The summed E-state index contributed by atoms with van der Waals surface area (Å²) < 4.78 is 0. The minimum absolute atomic E-state index is 0.491. The van der Waals surface area contributed by atoms with Crippen LogP contribution in [0.4, 0.5) is 0 Å². The molecule has 2 heteroatoms. The van der Waals surface area contributed by atoms with Crippen LogP contribution in [0.25, 0.3) is 0 Å². The number of thiophene rings is 1. The van der Waals surface area contributed by atoms with Gasteiger partial charge in [0, 0.05) is 9.75 Å². The van der Waals surface area contributed by atoms with Gasteiger partial charge in [0.2, 0.25) is 0 Å². The van der Waals surface area contributed by atoms with Crippen molar-refractivity contribution in [3.63, 3.8) is 0 Å². The summed E-state index contributed by atoms with van der Waals surface area (Å²) in [5, 5.41) is 10.5. The average Bonchev–Trinajstić information content (AvgIpc) is 2.81. The molecule has 1 atom stereocenters. The summed E-state index contributed by atoms with van der Waals surface area (Å²) in [4.78, 5) is 2.36. The van der Waals surface area contributed by atoms with E-state index in [1.165, 1.54) is 16.0 Å². The molecule has 96 valence electrons. The van der Waals surface area contributed by atoms with Gasteiger partial charge < -0.3 is 5.11 Å². The van der Waals surface area contributed by atoms with Crippen molar-refractivity contribution < 1.29 is 5.11 Å². The van der Waals surface area contributed by atoms with Gasteiger partial charge in [0.25, 0.3) is 0 Å². The van der Waals surface area contributed by atoms with Gasteiger partial charge in [-0.25, -0.2) is 0 Å². The average molecular weight is 260 g/mol. The van der Waals surface area contributed by atoms with Gasteiger partial charge in [-0.2, -0.15) is 0 Å². The van der Waals surface area contributed by atoms with E-state index in [4.69, 9.17) is 0 Å². The highest BCUT2D eigenvalue weighted by atomic mass is 32.1. The van der Waals surface area contributed by atoms with Gasteiger partial charge in [-0.1, -0.05) is 19.1 Å². The predicted molar refractivity (Wildman–Crippen MR) is 78.4 cm³/mol. The molecule has 1 aromatic heterocycles. The number of aryl methyl sites for hydroxylation is 4. The standard InChI is InChI=1S/C16H20OS/c1-5-13-6-7-15(18-13)16(17)14-9-11(3)10(2)8-12(14)4/h6-9,16-17H,5H2,1-4H3. The molecule has 0 aliphatic rings. The number of benzene rings is 1. The molecule has 1 aromatic carbocycles. The Morgan fingerprint density at radius 3 is 2.33 bits per heavy atom. The Morgan fingerprint density at radius 2 is 1.72 bits per heavy atom. The van der Waals surface area contributed by atoms with Crippen molar-refractivity contribution in [1.82, 2.24) is 0 Å². The van der Waals surface area contributed by atoms with Crippen LogP contribution >= 0.6 is 11.3 Å². The van der Waals surface area contributed by atoms with Crippen molar-refractivity contribution in [2.75, 3.05) is 0 Å². The first-order chi connectivity index (χ1) is 8.52. The highest BCUT2D eigenvalue weighted by Crippen LogP contribution is 2.31. The number of aliphatic hydroxyl groups excluding tert-OH is 1. The SMILES string of the molecule is CCc1ccc(C(O)c2cc(C)c(C)cc2C)s1. The summed E-state index contributed by atoms with van der Waals surface area (Å²) in [6.45, 7) is 8.41. The topological polar surface area (TPSA) is 20.2 Å². The molecule has 2 aromatic rings. The molecule has 0 aliphatic carbocycles. The van der Waals surface area contributed by atoms with E-state index in [1.807, 2.05) is 6.07 Å². The van der Waals surface area contributed by atoms with Crippen LogP contribution in [0.3, 0.4) is 0 Å². The van der Waals surface area contributed by atoms with Crippen LogP contribution in [0.5, 0.6) is 0 Å². The summed E-state index contributed by atoms with van der Waals surface area (Å²) in [6, 6.07) is 8.42. The van der Waals surface area contributed by atoms with E-state index in [2.05, 4.69) is 45.9 Å². The van der Waals surface area contributed by atoms with Gasteiger partial charge in [0.1, 0.15) is 6.10 Å². The Kier molecular flexibility index (Phi) is 3.88. The largest absolute Gasteiger partial charge is 0.383 e. The van der Waals surface area contributed by atoms with Crippen LogP contribution < -0.4 is 0 Å². The Hall–Kier alpha value is -1.12. The molecule has 2 rings (SSSR count). The van der Waals surface area contributed by atoms with Crippen LogP contribution in [-0.2, 0) is 6.42 Å². The Balaban J connectivity index is 2.39. The molecule has 1 unspecified atom stereocenters. The van der Waals surface area contributed by atoms with Crippen LogP contribution in [0.2, 0.25) is 0 Å². The van der Waals surface area contributed by atoms with E-state index in [1.54, 1.807) is 11.3 Å². The molecule has 0 bridgehead atoms. The molecule has 0 amide bonds. The highest BCUT2D eigenvalue weighted by molar-refractivity contribution is 7.12. The number of hydrogen-bond acceptors (Lipinski definition) is 2. The fourth-order valence-corrected chi connectivity index (χ4v) is 3.12. The van der Waals surface area contributed by atoms with Crippen molar-refractivity contribution >= 4 is 11.3 Å². The Morgan fingerprint density at radius 1 is 1.06 bits per heavy atom. The van der Waals surface area contributed by atoms with E-state index in [9.17, 15) is 5.11 Å². The van der Waals surface area contributed by atoms with Crippen molar-refractivity contribution in [2.45, 2.75) is 40.2 Å². The fraction of sp³-hybridized carbons (Fsp3) is 0.375. The summed E-state index contributed by atoms with van der Waals surface area (Å²) >= 11 is 1.70. The predicted octanol–water partition coefficient (Wildman–Crippen LogP) is 4.32. The molecule has 0 fully saturated rings. The fourth-order valence-electron chi connectivity index (χ4n) is 2.16. The van der Waals surface area contributed by atoms with Crippen molar-refractivity contribution in [2.24, 2.45) is 0 Å². The minimum Gasteiger partial charge on any atom is -0.383 e. The van der Waals surface area contributed by atoms with Crippen molar-refractivity contribution in [3.8, 4) is 0 Å². The molecule has 0 radical (unpaired) electrons. The second-order valence-corrected chi connectivity index (χ2v) is 6.05. The summed E-state index contributed by atoms with van der Waals surface area (Å²) in [5.74, 6) is 0. The maximum absolute atomic E-state index is 10.5. The van der Waals surface area contributed by atoms with Gasteiger partial charge in [-0.05, 0) is 61.6 Å². The molecular formula is C16H20OS. The maximum atomic E-state index is 10.5. The van der Waals surface area contributed by atoms with E-state index >= 15 is 0 Å². The molecule has 1 heterocycles. The van der Waals surface area contributed by atoms with Gasteiger partial charge in [0.15, 0.2) is 0 Å². The normalized spacial score (nSPS) is 12.7. The number of rotatable bonds is 3. The molecule has 1 N–H and O–H groups in total. The third kappa shape index (κ3) is 2.50. The zero-order chi connectivity index (χ0) is 13.3. The van der Waals surface area contributed by atoms with E-state index in [0.717, 1.165) is 22.4 Å². The number of hydrogen-bond donors (Lipinski definition) is 1. The summed E-state index contributed by atoms with van der Waals surface area (Å²) in [6.07, 6.45) is 0.540. The molecule has 0 spiro atoms. The van der Waals surface area contributed by atoms with Gasteiger partial charge in [0.05, 0.1) is 0 Å². The third-order valence-electron chi connectivity index (χ3n) is 3.48. The van der Waals surface area contributed by atoms with Crippen LogP contribution in [0.15, 0.2) is 24.3 Å². The zero-order valence-corrected chi connectivity index (χ0v) is 12.3. The Bertz CT molecular complexity index is 554. The smallest absolute Gasteiger partial charge is 0.113 e. The summed E-state index contributed by atoms with van der Waals surface area (Å²) in [5.41, 5.74) is 4.71. The summed E-state index contributed by atoms with van der Waals surface area (Å²) in [7, 11) is 0. The monoisotopic (exact) mass is 260 g/mol. The molecule has 1 nitrogen and oxygen atoms in total. The molecular weight excluding hydrogens is 240 g/mol. The molecule has 18 heavy (non-hydrogen) atoms. The van der Waals surface area contributed by atoms with Gasteiger partial charge >= 0.3 is 0 Å². The molecule has 0 saturated heterocycles. The lowest BCUT2D eigenvalue weighted by atomic mass is 9.96. The first-order valence-corrected chi connectivity index (χ1v) is 7.19. The van der Waals surface area contributed by atoms with E-state index in [-0.39, 0.29) is 0 Å². The second-order valence-electron chi connectivity index (χ2n) is 4.85. The number of aliphatic hydroxyl groups is 1. The molecule has 0 saturated carbocycles. The Labute approximate surface area is 113 Å². The van der Waals surface area contributed by atoms with Crippen LogP contribution in [-0.4, -0.2) is 5.11 Å². The first-order valence-electron chi connectivity index (χ1n) is 6.37. The minimum atomic E-state index is -0.491. The van der Waals surface area contributed by atoms with E-state index < -0.39 is 6.10 Å². The second kappa shape index (κ2) is 5.25. The lowest BCUT2D eigenvalue weighted by Gasteiger charge is -2.14. The van der Waals surface area contributed by atoms with Gasteiger partial charge in [-0.3, -0.25) is 0 Å². The van der Waals surface area contributed by atoms with E-state index in [0.29, 0.717) is 0 Å². The van der Waals surface area contributed by atoms with Crippen LogP contribution in [0, 0.1) is 20.8 Å². The van der Waals surface area contributed by atoms with Crippen molar-refractivity contribution in [3.05, 3.63) is 56.3 Å². The zero-order valence-electron chi connectivity index (χ0n) is 11.4. The maximum Gasteiger partial charge on any atom is 0.113 e. The van der Waals surface area contributed by atoms with Gasteiger partial charge in [-0.15, -0.1) is 11.3 Å². The highest BCUT2D eigenvalue weighted by Gasteiger charge is 2.15. The lowest BCUT2D eigenvalue weighted by molar-refractivity contribution is 0.223. The van der Waals surface area contributed by atoms with Crippen LogP contribution in [0.1, 0.15) is 45.0 Å². The third-order valence-corrected chi connectivity index (χ3v) is 4.76. The molecule has 0 aliphatic heterocycles. The first kappa shape index (κ1) is 13.3. The quantitative estimate of drug-likeness (QED) is 0.871. The van der Waals surface area contributed by atoms with Crippen molar-refractivity contribution in [1.29, 1.82) is 0 Å².